The summed E-state index contributed by atoms with van der Waals surface area (Å²) in [6.07, 6.45) is 0.311. The largest absolute Gasteiger partial charge is 0.382 e. The lowest BCUT2D eigenvalue weighted by Gasteiger charge is -2.05. The fourth-order valence-corrected chi connectivity index (χ4v) is 2.70. The monoisotopic (exact) mass is 360 g/mol. The topological polar surface area (TPSA) is 151 Å². The molecule has 4 rings (SSSR count). The number of hydrogen-bond acceptors (Lipinski definition) is 7. The van der Waals surface area contributed by atoms with Gasteiger partial charge in [-0.3, -0.25) is 9.89 Å². The van der Waals surface area contributed by atoms with Gasteiger partial charge >= 0.3 is 0 Å². The molecule has 27 heavy (non-hydrogen) atoms. The van der Waals surface area contributed by atoms with Crippen LogP contribution in [0.3, 0.4) is 0 Å². The highest BCUT2D eigenvalue weighted by atomic mass is 16.1. The first-order chi connectivity index (χ1) is 13.1. The molecule has 0 aliphatic rings. The van der Waals surface area contributed by atoms with Crippen molar-refractivity contribution in [3.8, 4) is 0 Å². The summed E-state index contributed by atoms with van der Waals surface area (Å²) in [4.78, 5) is 19.7. The minimum absolute atomic E-state index is 0.168. The van der Waals surface area contributed by atoms with Gasteiger partial charge in [0.2, 0.25) is 0 Å². The van der Waals surface area contributed by atoms with Gasteiger partial charge in [0.1, 0.15) is 11.5 Å². The fraction of sp³-hybridized carbons (Fsp3) is 0.0556. The van der Waals surface area contributed by atoms with Crippen LogP contribution in [0.4, 0.5) is 23.0 Å². The Morgan fingerprint density at radius 3 is 2.59 bits per heavy atom. The third-order valence-corrected chi connectivity index (χ3v) is 4.07. The molecule has 2 aromatic carbocycles. The van der Waals surface area contributed by atoms with Gasteiger partial charge < -0.3 is 16.5 Å². The summed E-state index contributed by atoms with van der Waals surface area (Å²) in [7, 11) is 0. The lowest BCUT2D eigenvalue weighted by atomic mass is 10.1. The highest BCUT2D eigenvalue weighted by Gasteiger charge is 2.10. The normalized spacial score (nSPS) is 11.4. The van der Waals surface area contributed by atoms with Gasteiger partial charge in [0.25, 0.3) is 5.56 Å². The molecule has 0 fully saturated rings. The number of benzene rings is 2. The molecular formula is C18H16N8O. The summed E-state index contributed by atoms with van der Waals surface area (Å²) in [5.41, 5.74) is 14.7. The minimum atomic E-state index is -0.233. The first-order valence-electron chi connectivity index (χ1n) is 8.18. The molecule has 9 nitrogen and oxygen atoms in total. The molecule has 0 saturated carbocycles. The molecule has 0 bridgehead atoms. The zero-order valence-corrected chi connectivity index (χ0v) is 14.2. The van der Waals surface area contributed by atoms with Crippen molar-refractivity contribution in [1.82, 2.24) is 20.2 Å². The number of rotatable bonds is 4. The number of nitrogen functional groups attached to an aromatic ring is 2. The number of hydrogen-bond donors (Lipinski definition) is 4. The number of nitrogens with zero attached hydrogens (tertiary/aromatic N) is 4. The summed E-state index contributed by atoms with van der Waals surface area (Å²) in [6.45, 7) is 0. The Balaban J connectivity index is 1.70. The van der Waals surface area contributed by atoms with Gasteiger partial charge in [0, 0.05) is 6.42 Å². The van der Waals surface area contributed by atoms with E-state index in [1.165, 1.54) is 0 Å². The average Bonchev–Trinajstić information content (AvgIpc) is 2.99. The molecule has 0 aliphatic heterocycles. The highest BCUT2D eigenvalue weighted by Crippen LogP contribution is 2.29. The summed E-state index contributed by atoms with van der Waals surface area (Å²) in [5.74, 6) is 0.405. The Kier molecular flexibility index (Phi) is 4.09. The number of aromatic nitrogens is 4. The molecule has 0 atom stereocenters. The lowest BCUT2D eigenvalue weighted by Crippen LogP contribution is -2.15. The van der Waals surface area contributed by atoms with Gasteiger partial charge in [-0.25, -0.2) is 4.98 Å². The number of nitrogens with one attached hydrogen (secondary N) is 2. The molecule has 0 radical (unpaired) electrons. The zero-order chi connectivity index (χ0) is 18.8. The maximum Gasteiger partial charge on any atom is 0.270 e. The van der Waals surface area contributed by atoms with E-state index < -0.39 is 0 Å². The second kappa shape index (κ2) is 6.71. The zero-order valence-electron chi connectivity index (χ0n) is 14.2. The predicted molar refractivity (Wildman–Crippen MR) is 103 cm³/mol. The molecule has 2 heterocycles. The SMILES string of the molecule is Nc1n[nH]c(N)c1/N=N/c1ccccc1Cc1nc2ccccc2[nH]c1=O. The third-order valence-electron chi connectivity index (χ3n) is 4.07. The van der Waals surface area contributed by atoms with E-state index in [0.29, 0.717) is 23.3 Å². The fourth-order valence-electron chi connectivity index (χ4n) is 2.70. The molecular weight excluding hydrogens is 344 g/mol. The van der Waals surface area contributed by atoms with E-state index in [4.69, 9.17) is 11.5 Å². The Bertz CT molecular complexity index is 1190. The van der Waals surface area contributed by atoms with E-state index in [0.717, 1.165) is 11.1 Å². The van der Waals surface area contributed by atoms with Crippen LogP contribution in [0.15, 0.2) is 63.6 Å². The number of para-hydroxylation sites is 2. The third kappa shape index (κ3) is 3.25. The first-order valence-corrected chi connectivity index (χ1v) is 8.18. The second-order valence-corrected chi connectivity index (χ2v) is 5.91. The molecule has 4 aromatic rings. The molecule has 0 aliphatic carbocycles. The highest BCUT2D eigenvalue weighted by molar-refractivity contribution is 5.73. The van der Waals surface area contributed by atoms with E-state index in [-0.39, 0.29) is 22.9 Å². The van der Waals surface area contributed by atoms with Crippen molar-refractivity contribution in [2.24, 2.45) is 10.2 Å². The Labute approximate surface area is 153 Å². The second-order valence-electron chi connectivity index (χ2n) is 5.91. The Hall–Kier alpha value is -4.01. The van der Waals surface area contributed by atoms with Crippen LogP contribution in [-0.2, 0) is 6.42 Å². The van der Waals surface area contributed by atoms with Gasteiger partial charge in [-0.05, 0) is 23.8 Å². The van der Waals surface area contributed by atoms with Crippen LogP contribution in [0.25, 0.3) is 11.0 Å². The summed E-state index contributed by atoms with van der Waals surface area (Å²) in [6, 6.07) is 14.7. The maximum atomic E-state index is 12.4. The van der Waals surface area contributed by atoms with E-state index in [2.05, 4.69) is 30.4 Å². The quantitative estimate of drug-likeness (QED) is 0.412. The summed E-state index contributed by atoms with van der Waals surface area (Å²) < 4.78 is 0. The maximum absolute atomic E-state index is 12.4. The standard InChI is InChI=1S/C18H16N8O/c19-16-15(17(20)26-25-16)24-23-11-6-2-1-5-10(11)9-14-18(27)22-13-8-4-3-7-12(13)21-14/h1-8H,9H2,(H,22,27)(H5,19,20,25,26)/b24-23+. The van der Waals surface area contributed by atoms with Crippen LogP contribution >= 0.6 is 0 Å². The number of fused-ring (bicyclic) bond motifs is 1. The van der Waals surface area contributed by atoms with Gasteiger partial charge in [-0.2, -0.15) is 5.10 Å². The van der Waals surface area contributed by atoms with Crippen LogP contribution in [0, 0.1) is 0 Å². The molecule has 6 N–H and O–H groups in total. The van der Waals surface area contributed by atoms with Crippen molar-refractivity contribution in [1.29, 1.82) is 0 Å². The number of azo groups is 1. The molecule has 0 unspecified atom stereocenters. The van der Waals surface area contributed by atoms with Crippen molar-refractivity contribution in [3.63, 3.8) is 0 Å². The number of anilines is 2. The molecule has 0 saturated heterocycles. The minimum Gasteiger partial charge on any atom is -0.382 e. The number of nitrogens with two attached hydrogens (primary N) is 2. The molecule has 0 amide bonds. The summed E-state index contributed by atoms with van der Waals surface area (Å²) in [5, 5.41) is 14.6. The first kappa shape index (κ1) is 16.5. The van der Waals surface area contributed by atoms with E-state index >= 15 is 0 Å². The Morgan fingerprint density at radius 2 is 1.78 bits per heavy atom. The molecule has 134 valence electrons. The summed E-state index contributed by atoms with van der Waals surface area (Å²) >= 11 is 0. The Morgan fingerprint density at radius 1 is 1.00 bits per heavy atom. The van der Waals surface area contributed by atoms with Crippen molar-refractivity contribution in [2.45, 2.75) is 6.42 Å². The van der Waals surface area contributed by atoms with Crippen molar-refractivity contribution < 1.29 is 0 Å². The van der Waals surface area contributed by atoms with Crippen molar-refractivity contribution in [3.05, 3.63) is 70.1 Å². The average molecular weight is 360 g/mol. The molecule has 9 heteroatoms. The van der Waals surface area contributed by atoms with Gasteiger partial charge in [0.15, 0.2) is 11.5 Å². The van der Waals surface area contributed by atoms with Gasteiger partial charge in [-0.15, -0.1) is 10.2 Å². The van der Waals surface area contributed by atoms with Crippen LogP contribution in [-0.4, -0.2) is 20.2 Å². The van der Waals surface area contributed by atoms with Gasteiger partial charge in [-0.1, -0.05) is 30.3 Å². The van der Waals surface area contributed by atoms with E-state index in [9.17, 15) is 4.79 Å². The van der Waals surface area contributed by atoms with E-state index in [1.807, 2.05) is 42.5 Å². The van der Waals surface area contributed by atoms with Crippen LogP contribution in [0.5, 0.6) is 0 Å². The molecule has 2 aromatic heterocycles. The predicted octanol–water partition coefficient (Wildman–Crippen LogP) is 2.82. The van der Waals surface area contributed by atoms with Crippen molar-refractivity contribution in [2.75, 3.05) is 11.5 Å². The smallest absolute Gasteiger partial charge is 0.270 e. The van der Waals surface area contributed by atoms with Crippen LogP contribution in [0.2, 0.25) is 0 Å². The lowest BCUT2D eigenvalue weighted by molar-refractivity contribution is 1.02. The van der Waals surface area contributed by atoms with E-state index in [1.54, 1.807) is 6.07 Å². The van der Waals surface area contributed by atoms with Crippen LogP contribution in [0.1, 0.15) is 11.3 Å². The number of aromatic amines is 2. The number of H-pyrrole nitrogens is 2. The van der Waals surface area contributed by atoms with Crippen LogP contribution < -0.4 is 17.0 Å². The van der Waals surface area contributed by atoms with Gasteiger partial charge in [0.05, 0.1) is 16.7 Å². The van der Waals surface area contributed by atoms with Crippen molar-refractivity contribution >= 4 is 34.0 Å². The molecule has 0 spiro atoms.